The van der Waals surface area contributed by atoms with Crippen molar-refractivity contribution in [3.05, 3.63) is 77.9 Å². The van der Waals surface area contributed by atoms with Crippen molar-refractivity contribution in [2.24, 2.45) is 0 Å². The Morgan fingerprint density at radius 1 is 1.03 bits per heavy atom. The van der Waals surface area contributed by atoms with E-state index in [1.807, 2.05) is 30.3 Å². The van der Waals surface area contributed by atoms with E-state index in [4.69, 9.17) is 0 Å². The van der Waals surface area contributed by atoms with Crippen LogP contribution in [-0.2, 0) is 15.1 Å². The van der Waals surface area contributed by atoms with Gasteiger partial charge in [0, 0.05) is 11.8 Å². The Bertz CT molecular complexity index is 1190. The molecule has 1 atom stereocenters. The Morgan fingerprint density at radius 3 is 2.53 bits per heavy atom. The van der Waals surface area contributed by atoms with Crippen LogP contribution in [0.1, 0.15) is 12.5 Å². The average molecular weight is 409 g/mol. The fourth-order valence-corrected chi connectivity index (χ4v) is 3.60. The Hall–Kier alpha value is -3.81. The van der Waals surface area contributed by atoms with Crippen molar-refractivity contribution in [3.8, 4) is 0 Å². The number of nitrogens with one attached hydrogen (secondary N) is 2. The van der Waals surface area contributed by atoms with E-state index in [1.165, 1.54) is 6.07 Å². The third-order valence-corrected chi connectivity index (χ3v) is 5.11. The lowest BCUT2D eigenvalue weighted by Crippen LogP contribution is -2.42. The standard InChI is InChI=1S/C22H17F2N3O3/c1-22(16-8-4-6-13-5-2-3-7-15(13)16)20(29)27(21(30)26-22)12-19(28)25-14-9-10-17(23)18(24)11-14/h2-11H,12H2,1H3,(H,25,28)(H,26,30). The van der Waals surface area contributed by atoms with Gasteiger partial charge < -0.3 is 10.6 Å². The first kappa shape index (κ1) is 19.5. The summed E-state index contributed by atoms with van der Waals surface area (Å²) in [5.41, 5.74) is -0.717. The third-order valence-electron chi connectivity index (χ3n) is 5.11. The number of imide groups is 1. The topological polar surface area (TPSA) is 78.5 Å². The van der Waals surface area contributed by atoms with E-state index in [1.54, 1.807) is 19.1 Å². The minimum absolute atomic E-state index is 0.0165. The molecule has 1 aliphatic heterocycles. The molecule has 1 aliphatic rings. The lowest BCUT2D eigenvalue weighted by molar-refractivity contribution is -0.133. The van der Waals surface area contributed by atoms with Crippen LogP contribution >= 0.6 is 0 Å². The summed E-state index contributed by atoms with van der Waals surface area (Å²) in [5.74, 6) is -3.46. The van der Waals surface area contributed by atoms with Crippen molar-refractivity contribution in [1.29, 1.82) is 0 Å². The molecule has 3 aromatic carbocycles. The van der Waals surface area contributed by atoms with Gasteiger partial charge in [-0.1, -0.05) is 42.5 Å². The van der Waals surface area contributed by atoms with Gasteiger partial charge in [-0.3, -0.25) is 14.5 Å². The van der Waals surface area contributed by atoms with E-state index in [2.05, 4.69) is 10.6 Å². The van der Waals surface area contributed by atoms with Crippen LogP contribution in [-0.4, -0.2) is 29.3 Å². The van der Waals surface area contributed by atoms with E-state index in [-0.39, 0.29) is 5.69 Å². The predicted octanol–water partition coefficient (Wildman–Crippen LogP) is 3.52. The van der Waals surface area contributed by atoms with E-state index in [0.717, 1.165) is 27.8 Å². The molecule has 0 aliphatic carbocycles. The van der Waals surface area contributed by atoms with Gasteiger partial charge in [-0.05, 0) is 35.4 Å². The minimum Gasteiger partial charge on any atom is -0.324 e. The fourth-order valence-electron chi connectivity index (χ4n) is 3.60. The molecule has 8 heteroatoms. The number of anilines is 1. The summed E-state index contributed by atoms with van der Waals surface area (Å²) < 4.78 is 26.4. The van der Waals surface area contributed by atoms with Crippen molar-refractivity contribution in [1.82, 2.24) is 10.2 Å². The lowest BCUT2D eigenvalue weighted by atomic mass is 9.88. The summed E-state index contributed by atoms with van der Waals surface area (Å²) in [4.78, 5) is 38.7. The number of fused-ring (bicyclic) bond motifs is 1. The number of halogens is 2. The summed E-state index contributed by atoms with van der Waals surface area (Å²) >= 11 is 0. The smallest absolute Gasteiger partial charge is 0.324 e. The second-order valence-electron chi connectivity index (χ2n) is 7.15. The van der Waals surface area contributed by atoms with Gasteiger partial charge in [0.2, 0.25) is 5.91 Å². The van der Waals surface area contributed by atoms with Crippen LogP contribution in [0.5, 0.6) is 0 Å². The Balaban J connectivity index is 1.57. The number of nitrogens with zero attached hydrogens (tertiary/aromatic N) is 1. The van der Waals surface area contributed by atoms with Crippen LogP contribution in [0.25, 0.3) is 10.8 Å². The zero-order valence-corrected chi connectivity index (χ0v) is 15.9. The molecule has 1 saturated heterocycles. The number of hydrogen-bond donors (Lipinski definition) is 2. The second kappa shape index (κ2) is 7.22. The molecule has 1 fully saturated rings. The van der Waals surface area contributed by atoms with Gasteiger partial charge in [0.05, 0.1) is 0 Å². The number of amides is 4. The molecule has 3 aromatic rings. The molecule has 1 heterocycles. The normalized spacial score (nSPS) is 18.6. The van der Waals surface area contributed by atoms with Gasteiger partial charge in [0.1, 0.15) is 12.1 Å². The number of urea groups is 1. The highest BCUT2D eigenvalue weighted by Gasteiger charge is 2.50. The lowest BCUT2D eigenvalue weighted by Gasteiger charge is -2.24. The van der Waals surface area contributed by atoms with Crippen LogP contribution in [0.4, 0.5) is 19.3 Å². The SMILES string of the molecule is CC1(c2cccc3ccccc23)NC(=O)N(CC(=O)Nc2ccc(F)c(F)c2)C1=O. The Morgan fingerprint density at radius 2 is 1.77 bits per heavy atom. The van der Waals surface area contributed by atoms with E-state index >= 15 is 0 Å². The van der Waals surface area contributed by atoms with Crippen LogP contribution in [0, 0.1) is 11.6 Å². The summed E-state index contributed by atoms with van der Waals surface area (Å²) in [6.45, 7) is 1.02. The van der Waals surface area contributed by atoms with Gasteiger partial charge in [-0.2, -0.15) is 0 Å². The third kappa shape index (κ3) is 3.26. The van der Waals surface area contributed by atoms with Gasteiger partial charge in [-0.25, -0.2) is 13.6 Å². The van der Waals surface area contributed by atoms with Crippen molar-refractivity contribution < 1.29 is 23.2 Å². The van der Waals surface area contributed by atoms with Crippen LogP contribution in [0.3, 0.4) is 0 Å². The highest BCUT2D eigenvalue weighted by Crippen LogP contribution is 2.33. The molecule has 2 N–H and O–H groups in total. The van der Waals surface area contributed by atoms with E-state index < -0.39 is 41.6 Å². The number of benzene rings is 3. The maximum absolute atomic E-state index is 13.3. The Kier molecular flexibility index (Phi) is 4.69. The van der Waals surface area contributed by atoms with Gasteiger partial charge in [0.25, 0.3) is 5.91 Å². The molecular formula is C22H17F2N3O3. The number of carbonyl (C=O) groups is 3. The zero-order chi connectivity index (χ0) is 21.5. The van der Waals surface area contributed by atoms with E-state index in [0.29, 0.717) is 5.56 Å². The van der Waals surface area contributed by atoms with E-state index in [9.17, 15) is 23.2 Å². The maximum Gasteiger partial charge on any atom is 0.325 e. The molecule has 0 bridgehead atoms. The molecule has 1 unspecified atom stereocenters. The van der Waals surface area contributed by atoms with Crippen molar-refractivity contribution in [3.63, 3.8) is 0 Å². The van der Waals surface area contributed by atoms with Crippen LogP contribution < -0.4 is 10.6 Å². The van der Waals surface area contributed by atoms with Crippen molar-refractivity contribution >= 4 is 34.3 Å². The monoisotopic (exact) mass is 409 g/mol. The summed E-state index contributed by atoms with van der Waals surface area (Å²) in [6, 6.07) is 15.1. The fraction of sp³-hybridized carbons (Fsp3) is 0.136. The minimum atomic E-state index is -1.35. The van der Waals surface area contributed by atoms with Gasteiger partial charge in [-0.15, -0.1) is 0 Å². The van der Waals surface area contributed by atoms with Crippen LogP contribution in [0.15, 0.2) is 60.7 Å². The van der Waals surface area contributed by atoms with Gasteiger partial charge in [0.15, 0.2) is 11.6 Å². The van der Waals surface area contributed by atoms with Crippen LogP contribution in [0.2, 0.25) is 0 Å². The number of rotatable bonds is 4. The van der Waals surface area contributed by atoms with Gasteiger partial charge >= 0.3 is 6.03 Å². The quantitative estimate of drug-likeness (QED) is 0.647. The molecule has 4 amide bonds. The van der Waals surface area contributed by atoms with Crippen molar-refractivity contribution in [2.45, 2.75) is 12.5 Å². The Labute approximate surface area is 170 Å². The number of hydrogen-bond acceptors (Lipinski definition) is 3. The molecule has 152 valence electrons. The summed E-state index contributed by atoms with van der Waals surface area (Å²) in [5, 5.41) is 6.75. The first-order valence-electron chi connectivity index (χ1n) is 9.17. The molecule has 4 rings (SSSR count). The molecular weight excluding hydrogens is 392 g/mol. The second-order valence-corrected chi connectivity index (χ2v) is 7.15. The number of carbonyl (C=O) groups excluding carboxylic acids is 3. The van der Waals surface area contributed by atoms with Crippen molar-refractivity contribution in [2.75, 3.05) is 11.9 Å². The molecule has 0 radical (unpaired) electrons. The largest absolute Gasteiger partial charge is 0.325 e. The highest BCUT2D eigenvalue weighted by molar-refractivity contribution is 6.11. The molecule has 0 saturated carbocycles. The first-order valence-corrected chi connectivity index (χ1v) is 9.17. The molecule has 0 spiro atoms. The first-order chi connectivity index (χ1) is 14.3. The maximum atomic E-state index is 13.3. The summed E-state index contributed by atoms with van der Waals surface area (Å²) in [6.07, 6.45) is 0. The zero-order valence-electron chi connectivity index (χ0n) is 15.9. The average Bonchev–Trinajstić information content (AvgIpc) is 2.94. The molecule has 30 heavy (non-hydrogen) atoms. The highest BCUT2D eigenvalue weighted by atomic mass is 19.2. The predicted molar refractivity (Wildman–Crippen MR) is 107 cm³/mol. The molecule has 0 aromatic heterocycles. The summed E-state index contributed by atoms with van der Waals surface area (Å²) in [7, 11) is 0. The molecule has 6 nitrogen and oxygen atoms in total.